The molecule has 1 aliphatic carbocycles. The Morgan fingerprint density at radius 3 is 2.36 bits per heavy atom. The first-order valence-electron chi connectivity index (χ1n) is 9.57. The topological polar surface area (TPSA) is 77.2 Å². The van der Waals surface area contributed by atoms with Gasteiger partial charge in [0.15, 0.2) is 0 Å². The van der Waals surface area contributed by atoms with Crippen molar-refractivity contribution in [3.63, 3.8) is 0 Å². The van der Waals surface area contributed by atoms with Crippen molar-refractivity contribution in [1.82, 2.24) is 18.7 Å². The van der Waals surface area contributed by atoms with Crippen molar-refractivity contribution in [2.24, 2.45) is 7.05 Å². The summed E-state index contributed by atoms with van der Waals surface area (Å²) in [4.78, 5) is 12.5. The van der Waals surface area contributed by atoms with E-state index in [-0.39, 0.29) is 23.4 Å². The van der Waals surface area contributed by atoms with Crippen molar-refractivity contribution in [2.75, 3.05) is 18.8 Å². The predicted molar refractivity (Wildman–Crippen MR) is 97.2 cm³/mol. The quantitative estimate of drug-likeness (QED) is 0.767. The molecule has 1 aliphatic heterocycles. The number of nitrogens with zero attached hydrogens (tertiary/aromatic N) is 4. The second kappa shape index (κ2) is 7.61. The maximum absolute atomic E-state index is 12.5. The standard InChI is InChI=1S/C17H30N4O3S/c1-3-4-13-25(23,24)20-11-9-14(10-12-20)16-18-19(2)17(22)21(16)15-7-5-6-8-15/h14-15H,3-13H2,1-2H3. The Morgan fingerprint density at radius 1 is 1.12 bits per heavy atom. The monoisotopic (exact) mass is 370 g/mol. The number of sulfonamides is 1. The molecule has 0 atom stereocenters. The highest BCUT2D eigenvalue weighted by atomic mass is 32.2. The molecular weight excluding hydrogens is 340 g/mol. The molecule has 0 unspecified atom stereocenters. The van der Waals surface area contributed by atoms with Crippen molar-refractivity contribution in [1.29, 1.82) is 0 Å². The van der Waals surface area contributed by atoms with Crippen LogP contribution in [0.2, 0.25) is 0 Å². The molecule has 2 aliphatic rings. The zero-order valence-electron chi connectivity index (χ0n) is 15.4. The molecule has 8 heteroatoms. The van der Waals surface area contributed by atoms with E-state index in [4.69, 9.17) is 0 Å². The van der Waals surface area contributed by atoms with Gasteiger partial charge in [-0.1, -0.05) is 26.2 Å². The van der Waals surface area contributed by atoms with Crippen LogP contribution in [-0.4, -0.2) is 45.9 Å². The summed E-state index contributed by atoms with van der Waals surface area (Å²) in [5.74, 6) is 1.28. The fourth-order valence-corrected chi connectivity index (χ4v) is 5.81. The Balaban J connectivity index is 1.73. The third-order valence-corrected chi connectivity index (χ3v) is 7.60. The first-order chi connectivity index (χ1) is 11.9. The van der Waals surface area contributed by atoms with E-state index < -0.39 is 10.0 Å². The molecule has 2 fully saturated rings. The van der Waals surface area contributed by atoms with E-state index in [0.29, 0.717) is 19.5 Å². The van der Waals surface area contributed by atoms with Gasteiger partial charge in [0.25, 0.3) is 0 Å². The van der Waals surface area contributed by atoms with E-state index in [2.05, 4.69) is 5.10 Å². The highest BCUT2D eigenvalue weighted by Gasteiger charge is 2.33. The summed E-state index contributed by atoms with van der Waals surface area (Å²) in [7, 11) is -1.43. The molecule has 1 saturated carbocycles. The van der Waals surface area contributed by atoms with E-state index in [1.54, 1.807) is 11.4 Å². The van der Waals surface area contributed by atoms with Crippen LogP contribution in [-0.2, 0) is 17.1 Å². The van der Waals surface area contributed by atoms with Gasteiger partial charge in [-0.25, -0.2) is 22.2 Å². The first kappa shape index (κ1) is 18.6. The highest BCUT2D eigenvalue weighted by molar-refractivity contribution is 7.89. The molecule has 142 valence electrons. The van der Waals surface area contributed by atoms with Crippen LogP contribution in [0.1, 0.15) is 76.1 Å². The SMILES string of the molecule is CCCCS(=O)(=O)N1CCC(c2nn(C)c(=O)n2C2CCCC2)CC1. The molecule has 1 aromatic rings. The fraction of sp³-hybridized carbons (Fsp3) is 0.882. The summed E-state index contributed by atoms with van der Waals surface area (Å²) in [5.41, 5.74) is -0.0279. The average molecular weight is 371 g/mol. The molecule has 2 heterocycles. The number of aryl methyl sites for hydroxylation is 1. The highest BCUT2D eigenvalue weighted by Crippen LogP contribution is 2.34. The van der Waals surface area contributed by atoms with Gasteiger partial charge in [-0.3, -0.25) is 4.57 Å². The van der Waals surface area contributed by atoms with Gasteiger partial charge in [-0.2, -0.15) is 5.10 Å². The Kier molecular flexibility index (Phi) is 5.68. The average Bonchev–Trinajstić information content (AvgIpc) is 3.22. The number of unbranched alkanes of at least 4 members (excludes halogenated alkanes) is 1. The van der Waals surface area contributed by atoms with Crippen molar-refractivity contribution < 1.29 is 8.42 Å². The van der Waals surface area contributed by atoms with Gasteiger partial charge in [0.1, 0.15) is 5.82 Å². The van der Waals surface area contributed by atoms with Crippen molar-refractivity contribution in [3.05, 3.63) is 16.3 Å². The number of hydrogen-bond acceptors (Lipinski definition) is 4. The van der Waals surface area contributed by atoms with Crippen LogP contribution in [0.25, 0.3) is 0 Å². The predicted octanol–water partition coefficient (Wildman–Crippen LogP) is 2.01. The maximum atomic E-state index is 12.5. The van der Waals surface area contributed by atoms with Crippen LogP contribution in [0.5, 0.6) is 0 Å². The lowest BCUT2D eigenvalue weighted by molar-refractivity contribution is 0.304. The molecular formula is C17H30N4O3S. The molecule has 25 heavy (non-hydrogen) atoms. The Bertz CT molecular complexity index is 738. The van der Waals surface area contributed by atoms with Gasteiger partial charge < -0.3 is 0 Å². The smallest absolute Gasteiger partial charge is 0.276 e. The van der Waals surface area contributed by atoms with E-state index in [1.807, 2.05) is 11.5 Å². The summed E-state index contributed by atoms with van der Waals surface area (Å²) in [6.45, 7) is 3.07. The molecule has 0 amide bonds. The molecule has 1 saturated heterocycles. The second-order valence-corrected chi connectivity index (χ2v) is 9.50. The van der Waals surface area contributed by atoms with Crippen LogP contribution in [0.4, 0.5) is 0 Å². The van der Waals surface area contributed by atoms with Gasteiger partial charge >= 0.3 is 5.69 Å². The van der Waals surface area contributed by atoms with Crippen LogP contribution in [0.15, 0.2) is 4.79 Å². The van der Waals surface area contributed by atoms with Crippen LogP contribution < -0.4 is 5.69 Å². The summed E-state index contributed by atoms with van der Waals surface area (Å²) >= 11 is 0. The fourth-order valence-electron chi connectivity index (χ4n) is 4.13. The minimum Gasteiger partial charge on any atom is -0.276 e. The first-order valence-corrected chi connectivity index (χ1v) is 11.2. The second-order valence-electron chi connectivity index (χ2n) is 7.42. The summed E-state index contributed by atoms with van der Waals surface area (Å²) < 4.78 is 29.7. The Labute approximate surface area is 150 Å². The van der Waals surface area contributed by atoms with Crippen molar-refractivity contribution >= 4 is 10.0 Å². The molecule has 0 bridgehead atoms. The molecule has 0 spiro atoms. The van der Waals surface area contributed by atoms with E-state index in [1.165, 1.54) is 17.5 Å². The van der Waals surface area contributed by atoms with Crippen molar-refractivity contribution in [2.45, 2.75) is 70.3 Å². The van der Waals surface area contributed by atoms with Gasteiger partial charge in [-0.05, 0) is 32.1 Å². The number of rotatable bonds is 6. The van der Waals surface area contributed by atoms with Gasteiger partial charge in [0.05, 0.1) is 5.75 Å². The largest absolute Gasteiger partial charge is 0.345 e. The van der Waals surface area contributed by atoms with E-state index in [0.717, 1.165) is 37.9 Å². The number of aromatic nitrogens is 3. The molecule has 7 nitrogen and oxygen atoms in total. The molecule has 3 rings (SSSR count). The summed E-state index contributed by atoms with van der Waals surface area (Å²) in [6.07, 6.45) is 7.51. The lowest BCUT2D eigenvalue weighted by Crippen LogP contribution is -2.40. The third-order valence-electron chi connectivity index (χ3n) is 5.64. The molecule has 0 N–H and O–H groups in total. The minimum absolute atomic E-state index is 0.0279. The van der Waals surface area contributed by atoms with Gasteiger partial charge in [0, 0.05) is 32.1 Å². The van der Waals surface area contributed by atoms with E-state index >= 15 is 0 Å². The molecule has 0 aromatic carbocycles. The van der Waals surface area contributed by atoms with Gasteiger partial charge in [-0.15, -0.1) is 0 Å². The van der Waals surface area contributed by atoms with Crippen LogP contribution in [0.3, 0.4) is 0 Å². The zero-order chi connectivity index (χ0) is 18.0. The molecule has 0 radical (unpaired) electrons. The maximum Gasteiger partial charge on any atom is 0.345 e. The number of hydrogen-bond donors (Lipinski definition) is 0. The molecule has 1 aromatic heterocycles. The Morgan fingerprint density at radius 2 is 1.76 bits per heavy atom. The Hall–Kier alpha value is -1.15. The zero-order valence-corrected chi connectivity index (χ0v) is 16.2. The third kappa shape index (κ3) is 3.84. The lowest BCUT2D eigenvalue weighted by Gasteiger charge is -2.31. The summed E-state index contributed by atoms with van der Waals surface area (Å²) in [6, 6.07) is 0.266. The van der Waals surface area contributed by atoms with Crippen LogP contribution >= 0.6 is 0 Å². The van der Waals surface area contributed by atoms with E-state index in [9.17, 15) is 13.2 Å². The van der Waals surface area contributed by atoms with Gasteiger partial charge in [0.2, 0.25) is 10.0 Å². The normalized spacial score (nSPS) is 21.2. The van der Waals surface area contributed by atoms with Crippen molar-refractivity contribution in [3.8, 4) is 0 Å². The minimum atomic E-state index is -3.14. The number of piperidine rings is 1. The lowest BCUT2D eigenvalue weighted by atomic mass is 9.97. The van der Waals surface area contributed by atoms with Crippen LogP contribution in [0, 0.1) is 0 Å². The summed E-state index contributed by atoms with van der Waals surface area (Å²) in [5, 5.41) is 4.51.